The summed E-state index contributed by atoms with van der Waals surface area (Å²) in [6.45, 7) is 6.67. The molecule has 1 atom stereocenters. The van der Waals surface area contributed by atoms with E-state index in [1.807, 2.05) is 0 Å². The van der Waals surface area contributed by atoms with Crippen LogP contribution in [0.5, 0.6) is 0 Å². The summed E-state index contributed by atoms with van der Waals surface area (Å²) in [4.78, 5) is 37.9. The van der Waals surface area contributed by atoms with Gasteiger partial charge in [-0.05, 0) is 19.3 Å². The molecule has 0 unspecified atom stereocenters. The number of unbranched alkanes of at least 4 members (excludes halogenated alkanes) is 38. The molecule has 0 radical (unpaired) electrons. The number of esters is 3. The second kappa shape index (κ2) is 49.1. The van der Waals surface area contributed by atoms with Crippen LogP contribution in [-0.2, 0) is 28.6 Å². The monoisotopic (exact) mass is 835 g/mol. The van der Waals surface area contributed by atoms with Crippen LogP contribution in [0.15, 0.2) is 0 Å². The molecule has 0 fully saturated rings. The number of hydrogen-bond acceptors (Lipinski definition) is 6. The Morgan fingerprint density at radius 3 is 0.678 bits per heavy atom. The molecule has 0 spiro atoms. The standard InChI is InChI=1S/C53H102O6/c1-4-7-10-13-16-19-21-23-25-26-28-30-32-35-38-41-44-47-53(56)59-50(48-57-51(54)45-42-39-36-33-18-15-12-9-6-3)49-58-52(55)46-43-40-37-34-31-29-27-24-22-20-17-14-11-8-5-2/h50H,4-49H2,1-3H3/t50-/m0/s1. The maximum atomic E-state index is 12.8. The van der Waals surface area contributed by atoms with E-state index in [0.29, 0.717) is 19.3 Å². The molecule has 0 heterocycles. The smallest absolute Gasteiger partial charge is 0.306 e. The van der Waals surface area contributed by atoms with Crippen molar-refractivity contribution in [3.8, 4) is 0 Å². The van der Waals surface area contributed by atoms with Gasteiger partial charge in [0.15, 0.2) is 6.10 Å². The second-order valence-corrected chi connectivity index (χ2v) is 18.2. The van der Waals surface area contributed by atoms with Gasteiger partial charge in [0.1, 0.15) is 13.2 Å². The van der Waals surface area contributed by atoms with Crippen LogP contribution in [0.2, 0.25) is 0 Å². The van der Waals surface area contributed by atoms with Gasteiger partial charge in [0, 0.05) is 19.3 Å². The Balaban J connectivity index is 4.24. The number of carbonyl (C=O) groups is 3. The molecule has 0 aliphatic heterocycles. The summed E-state index contributed by atoms with van der Waals surface area (Å²) < 4.78 is 16.8. The molecule has 0 aliphatic rings. The molecular formula is C53H102O6. The maximum Gasteiger partial charge on any atom is 0.306 e. The first-order valence-corrected chi connectivity index (χ1v) is 26.5. The van der Waals surface area contributed by atoms with Gasteiger partial charge in [0.2, 0.25) is 0 Å². The van der Waals surface area contributed by atoms with Gasteiger partial charge in [-0.15, -0.1) is 0 Å². The van der Waals surface area contributed by atoms with E-state index in [-0.39, 0.29) is 31.1 Å². The minimum absolute atomic E-state index is 0.0618. The van der Waals surface area contributed by atoms with Crippen molar-refractivity contribution in [2.45, 2.75) is 309 Å². The van der Waals surface area contributed by atoms with Crippen LogP contribution < -0.4 is 0 Å². The third-order valence-corrected chi connectivity index (χ3v) is 12.1. The van der Waals surface area contributed by atoms with Crippen molar-refractivity contribution in [2.75, 3.05) is 13.2 Å². The van der Waals surface area contributed by atoms with Crippen molar-refractivity contribution in [3.63, 3.8) is 0 Å². The van der Waals surface area contributed by atoms with Crippen LogP contribution in [-0.4, -0.2) is 37.2 Å². The lowest BCUT2D eigenvalue weighted by molar-refractivity contribution is -0.167. The largest absolute Gasteiger partial charge is 0.462 e. The predicted molar refractivity (Wildman–Crippen MR) is 252 cm³/mol. The summed E-state index contributed by atoms with van der Waals surface area (Å²) in [6.07, 6.45) is 52.3. The minimum atomic E-state index is -0.759. The number of rotatable bonds is 49. The van der Waals surface area contributed by atoms with E-state index in [0.717, 1.165) is 57.8 Å². The van der Waals surface area contributed by atoms with Crippen molar-refractivity contribution < 1.29 is 28.6 Å². The average Bonchev–Trinajstić information content (AvgIpc) is 3.23. The summed E-state index contributed by atoms with van der Waals surface area (Å²) in [5.74, 6) is -0.842. The quantitative estimate of drug-likeness (QED) is 0.0345. The fourth-order valence-corrected chi connectivity index (χ4v) is 8.09. The normalized spacial score (nSPS) is 11.8. The summed E-state index contributed by atoms with van der Waals surface area (Å²) in [5.41, 5.74) is 0. The van der Waals surface area contributed by atoms with Gasteiger partial charge < -0.3 is 14.2 Å². The SMILES string of the molecule is CCCCCCCCCCCCCCCCCCCC(=O)O[C@@H](COC(=O)CCCCCCCCCCC)COC(=O)CCCCCCCCCCCCCCCCC. The van der Waals surface area contributed by atoms with E-state index in [1.165, 1.54) is 205 Å². The first kappa shape index (κ1) is 57.4. The Morgan fingerprint density at radius 2 is 0.458 bits per heavy atom. The molecular weight excluding hydrogens is 733 g/mol. The highest BCUT2D eigenvalue weighted by molar-refractivity contribution is 5.71. The molecule has 350 valence electrons. The van der Waals surface area contributed by atoms with E-state index >= 15 is 0 Å². The van der Waals surface area contributed by atoms with E-state index in [2.05, 4.69) is 20.8 Å². The van der Waals surface area contributed by atoms with Crippen LogP contribution >= 0.6 is 0 Å². The Bertz CT molecular complexity index is 874. The molecule has 0 amide bonds. The van der Waals surface area contributed by atoms with Gasteiger partial charge in [-0.1, -0.05) is 265 Å². The van der Waals surface area contributed by atoms with Crippen LogP contribution in [0, 0.1) is 0 Å². The topological polar surface area (TPSA) is 78.9 Å². The predicted octanol–water partition coefficient (Wildman–Crippen LogP) is 17.2. The first-order valence-electron chi connectivity index (χ1n) is 26.5. The lowest BCUT2D eigenvalue weighted by Gasteiger charge is -2.18. The molecule has 0 saturated heterocycles. The van der Waals surface area contributed by atoms with E-state index in [4.69, 9.17) is 14.2 Å². The Hall–Kier alpha value is -1.59. The van der Waals surface area contributed by atoms with Crippen molar-refractivity contribution in [1.29, 1.82) is 0 Å². The summed E-state index contributed by atoms with van der Waals surface area (Å²) in [5, 5.41) is 0. The first-order chi connectivity index (χ1) is 29.0. The minimum Gasteiger partial charge on any atom is -0.462 e. The lowest BCUT2D eigenvalue weighted by atomic mass is 10.0. The highest BCUT2D eigenvalue weighted by Gasteiger charge is 2.19. The van der Waals surface area contributed by atoms with Gasteiger partial charge >= 0.3 is 17.9 Å². The highest BCUT2D eigenvalue weighted by Crippen LogP contribution is 2.17. The fourth-order valence-electron chi connectivity index (χ4n) is 8.09. The molecule has 6 nitrogen and oxygen atoms in total. The van der Waals surface area contributed by atoms with Gasteiger partial charge in [-0.3, -0.25) is 14.4 Å². The van der Waals surface area contributed by atoms with Crippen LogP contribution in [0.3, 0.4) is 0 Å². The Labute approximate surface area is 368 Å². The molecule has 0 bridgehead atoms. The molecule has 0 aromatic carbocycles. The summed E-state index contributed by atoms with van der Waals surface area (Å²) in [6, 6.07) is 0. The molecule has 0 aliphatic carbocycles. The van der Waals surface area contributed by atoms with Crippen molar-refractivity contribution in [2.24, 2.45) is 0 Å². The fraction of sp³-hybridized carbons (Fsp3) is 0.943. The van der Waals surface area contributed by atoms with Crippen molar-refractivity contribution in [3.05, 3.63) is 0 Å². The Kier molecular flexibility index (Phi) is 47.7. The lowest BCUT2D eigenvalue weighted by Crippen LogP contribution is -2.30. The van der Waals surface area contributed by atoms with Crippen molar-refractivity contribution in [1.82, 2.24) is 0 Å². The third-order valence-electron chi connectivity index (χ3n) is 12.1. The number of carbonyl (C=O) groups excluding carboxylic acids is 3. The molecule has 59 heavy (non-hydrogen) atoms. The molecule has 6 heteroatoms. The van der Waals surface area contributed by atoms with E-state index < -0.39 is 6.10 Å². The third kappa shape index (κ3) is 47.3. The second-order valence-electron chi connectivity index (χ2n) is 18.2. The van der Waals surface area contributed by atoms with E-state index in [9.17, 15) is 14.4 Å². The van der Waals surface area contributed by atoms with Gasteiger partial charge in [-0.2, -0.15) is 0 Å². The highest BCUT2D eigenvalue weighted by atomic mass is 16.6. The van der Waals surface area contributed by atoms with E-state index in [1.54, 1.807) is 0 Å². The zero-order chi connectivity index (χ0) is 43.0. The molecule has 0 aromatic heterocycles. The maximum absolute atomic E-state index is 12.8. The zero-order valence-corrected chi connectivity index (χ0v) is 40.1. The van der Waals surface area contributed by atoms with Gasteiger partial charge in [0.25, 0.3) is 0 Å². The summed E-state index contributed by atoms with van der Waals surface area (Å²) >= 11 is 0. The van der Waals surface area contributed by atoms with Gasteiger partial charge in [0.05, 0.1) is 0 Å². The molecule has 0 saturated carbocycles. The molecule has 0 N–H and O–H groups in total. The van der Waals surface area contributed by atoms with Crippen LogP contribution in [0.1, 0.15) is 303 Å². The van der Waals surface area contributed by atoms with Gasteiger partial charge in [-0.25, -0.2) is 0 Å². The summed E-state index contributed by atoms with van der Waals surface area (Å²) in [7, 11) is 0. The molecule has 0 rings (SSSR count). The number of hydrogen-bond donors (Lipinski definition) is 0. The average molecular weight is 835 g/mol. The Morgan fingerprint density at radius 1 is 0.271 bits per heavy atom. The van der Waals surface area contributed by atoms with Crippen molar-refractivity contribution >= 4 is 17.9 Å². The zero-order valence-electron chi connectivity index (χ0n) is 40.1. The number of ether oxygens (including phenoxy) is 3. The van der Waals surface area contributed by atoms with Crippen LogP contribution in [0.25, 0.3) is 0 Å². The van der Waals surface area contributed by atoms with Crippen LogP contribution in [0.4, 0.5) is 0 Å². The molecule has 0 aromatic rings.